The summed E-state index contributed by atoms with van der Waals surface area (Å²) in [5, 5.41) is 7.36. The van der Waals surface area contributed by atoms with Gasteiger partial charge in [0.25, 0.3) is 0 Å². The first-order valence-corrected chi connectivity index (χ1v) is 9.14. The van der Waals surface area contributed by atoms with Crippen molar-refractivity contribution in [1.29, 1.82) is 0 Å². The minimum atomic E-state index is 0.700. The molecule has 0 amide bonds. The number of pyridine rings is 1. The van der Waals surface area contributed by atoms with Crippen LogP contribution in [0.25, 0.3) is 11.3 Å². The second kappa shape index (κ2) is 7.51. The Morgan fingerprint density at radius 3 is 2.73 bits per heavy atom. The summed E-state index contributed by atoms with van der Waals surface area (Å²) in [6.45, 7) is 0. The molecule has 5 nitrogen and oxygen atoms in total. The molecule has 0 saturated heterocycles. The van der Waals surface area contributed by atoms with E-state index >= 15 is 0 Å². The van der Waals surface area contributed by atoms with Gasteiger partial charge in [0, 0.05) is 28.4 Å². The molecule has 0 radical (unpaired) electrons. The van der Waals surface area contributed by atoms with Crippen LogP contribution in [-0.2, 0) is 0 Å². The molecule has 3 aromatic heterocycles. The number of hydrogen-bond donors (Lipinski definition) is 1. The first-order chi connectivity index (χ1) is 12.8. The quantitative estimate of drug-likeness (QED) is 0.513. The van der Waals surface area contributed by atoms with E-state index in [-0.39, 0.29) is 0 Å². The predicted molar refractivity (Wildman–Crippen MR) is 106 cm³/mol. The molecule has 0 aliphatic carbocycles. The third-order valence-electron chi connectivity index (χ3n) is 3.63. The predicted octanol–water partition coefficient (Wildman–Crippen LogP) is 4.71. The Kier molecular flexibility index (Phi) is 4.77. The Bertz CT molecular complexity index is 1080. The van der Waals surface area contributed by atoms with Gasteiger partial charge in [-0.3, -0.25) is 4.98 Å². The van der Waals surface area contributed by atoms with Gasteiger partial charge < -0.3 is 4.98 Å². The third kappa shape index (κ3) is 3.66. The van der Waals surface area contributed by atoms with Gasteiger partial charge in [0.05, 0.1) is 29.5 Å². The molecule has 7 heteroatoms. The van der Waals surface area contributed by atoms with Gasteiger partial charge in [-0.2, -0.15) is 5.10 Å². The van der Waals surface area contributed by atoms with Crippen LogP contribution in [0.1, 0.15) is 5.69 Å². The van der Waals surface area contributed by atoms with E-state index < -0.39 is 0 Å². The number of halogens is 1. The Labute approximate surface area is 159 Å². The van der Waals surface area contributed by atoms with Crippen molar-refractivity contribution in [2.45, 2.75) is 0 Å². The summed E-state index contributed by atoms with van der Waals surface area (Å²) in [4.78, 5) is 12.7. The third-order valence-corrected chi connectivity index (χ3v) is 4.70. The Balaban J connectivity index is 1.84. The van der Waals surface area contributed by atoms with Crippen LogP contribution < -0.4 is 4.80 Å². The second-order valence-corrected chi connectivity index (χ2v) is 6.69. The molecule has 0 saturated carbocycles. The van der Waals surface area contributed by atoms with E-state index in [0.717, 1.165) is 27.4 Å². The average molecular weight is 380 g/mol. The fraction of sp³-hybridized carbons (Fsp3) is 0. The molecule has 0 fully saturated rings. The van der Waals surface area contributed by atoms with Gasteiger partial charge in [0.2, 0.25) is 4.80 Å². The highest BCUT2D eigenvalue weighted by molar-refractivity contribution is 7.07. The molecule has 4 rings (SSSR count). The van der Waals surface area contributed by atoms with Gasteiger partial charge in [-0.25, -0.2) is 9.67 Å². The lowest BCUT2D eigenvalue weighted by Gasteiger charge is -2.03. The maximum atomic E-state index is 6.02. The molecular weight excluding hydrogens is 366 g/mol. The number of hydrogen-bond acceptors (Lipinski definition) is 4. The van der Waals surface area contributed by atoms with Crippen LogP contribution in [0.2, 0.25) is 5.02 Å². The molecular formula is C19H14ClN5S. The zero-order chi connectivity index (χ0) is 17.8. The molecule has 0 atom stereocenters. The molecule has 0 unspecified atom stereocenters. The van der Waals surface area contributed by atoms with E-state index in [1.54, 1.807) is 18.6 Å². The Hall–Kier alpha value is -2.96. The molecule has 0 aliphatic rings. The van der Waals surface area contributed by atoms with Crippen molar-refractivity contribution in [2.75, 3.05) is 0 Å². The number of nitrogens with one attached hydrogen (secondary N) is 1. The highest BCUT2D eigenvalue weighted by atomic mass is 35.5. The minimum absolute atomic E-state index is 0.700. The SMILES string of the molecule is Clc1ccc(-c2csc(=Nc3cccnc3)n2N=Cc2ccc[nH]2)cc1. The lowest BCUT2D eigenvalue weighted by Crippen LogP contribution is -2.11. The fourth-order valence-corrected chi connectivity index (χ4v) is 3.36. The van der Waals surface area contributed by atoms with E-state index in [0.29, 0.717) is 5.02 Å². The number of H-pyrrole nitrogens is 1. The standard InChI is InChI=1S/C19H14ClN5S/c20-15-7-5-14(6-8-15)18-13-26-19(24-17-4-1-9-21-11-17)25(18)23-12-16-3-2-10-22-16/h1-13,22H. The monoisotopic (exact) mass is 379 g/mol. The lowest BCUT2D eigenvalue weighted by molar-refractivity contribution is 0.853. The normalized spacial score (nSPS) is 12.1. The molecule has 1 aromatic carbocycles. The molecule has 1 N–H and O–H groups in total. The Morgan fingerprint density at radius 1 is 1.12 bits per heavy atom. The topological polar surface area (TPSA) is 58.3 Å². The van der Waals surface area contributed by atoms with Gasteiger partial charge in [0.1, 0.15) is 0 Å². The van der Waals surface area contributed by atoms with Crippen LogP contribution in [0.3, 0.4) is 0 Å². The highest BCUT2D eigenvalue weighted by Gasteiger charge is 2.08. The summed E-state index contributed by atoms with van der Waals surface area (Å²) in [5.74, 6) is 0. The number of rotatable bonds is 4. The first-order valence-electron chi connectivity index (χ1n) is 7.88. The molecule has 4 aromatic rings. The van der Waals surface area contributed by atoms with Gasteiger partial charge >= 0.3 is 0 Å². The number of aromatic amines is 1. The summed E-state index contributed by atoms with van der Waals surface area (Å²) in [6.07, 6.45) is 7.08. The molecule has 0 bridgehead atoms. The largest absolute Gasteiger partial charge is 0.360 e. The lowest BCUT2D eigenvalue weighted by atomic mass is 10.2. The molecule has 128 valence electrons. The van der Waals surface area contributed by atoms with Crippen molar-refractivity contribution < 1.29 is 0 Å². The fourth-order valence-electron chi connectivity index (χ4n) is 2.38. The summed E-state index contributed by atoms with van der Waals surface area (Å²) < 4.78 is 1.82. The summed E-state index contributed by atoms with van der Waals surface area (Å²) in [7, 11) is 0. The molecule has 26 heavy (non-hydrogen) atoms. The zero-order valence-corrected chi connectivity index (χ0v) is 15.2. The summed E-state index contributed by atoms with van der Waals surface area (Å²) >= 11 is 7.54. The smallest absolute Gasteiger partial charge is 0.211 e. The van der Waals surface area contributed by atoms with Crippen LogP contribution in [0.15, 0.2) is 82.6 Å². The maximum Gasteiger partial charge on any atom is 0.211 e. The molecule has 0 aliphatic heterocycles. The number of benzene rings is 1. The van der Waals surface area contributed by atoms with E-state index in [1.807, 2.05) is 64.8 Å². The highest BCUT2D eigenvalue weighted by Crippen LogP contribution is 2.22. The van der Waals surface area contributed by atoms with Crippen LogP contribution in [0.4, 0.5) is 5.69 Å². The van der Waals surface area contributed by atoms with Crippen LogP contribution in [0, 0.1) is 0 Å². The van der Waals surface area contributed by atoms with Crippen LogP contribution >= 0.6 is 22.9 Å². The summed E-state index contributed by atoms with van der Waals surface area (Å²) in [5.41, 5.74) is 3.65. The van der Waals surface area contributed by atoms with Crippen LogP contribution in [-0.4, -0.2) is 20.9 Å². The van der Waals surface area contributed by atoms with Gasteiger partial charge in [-0.05, 0) is 36.4 Å². The first kappa shape index (κ1) is 16.5. The van der Waals surface area contributed by atoms with E-state index in [1.165, 1.54) is 11.3 Å². The average Bonchev–Trinajstić information content (AvgIpc) is 3.32. The van der Waals surface area contributed by atoms with Gasteiger partial charge in [0.15, 0.2) is 0 Å². The number of thiazole rings is 1. The maximum absolute atomic E-state index is 6.02. The summed E-state index contributed by atoms with van der Waals surface area (Å²) in [6, 6.07) is 15.3. The Morgan fingerprint density at radius 2 is 2.00 bits per heavy atom. The van der Waals surface area contributed by atoms with E-state index in [4.69, 9.17) is 11.6 Å². The number of aromatic nitrogens is 3. The zero-order valence-electron chi connectivity index (χ0n) is 13.6. The minimum Gasteiger partial charge on any atom is -0.360 e. The van der Waals surface area contributed by atoms with Crippen molar-refractivity contribution >= 4 is 34.8 Å². The van der Waals surface area contributed by atoms with Crippen molar-refractivity contribution in [3.63, 3.8) is 0 Å². The van der Waals surface area contributed by atoms with Crippen molar-refractivity contribution in [1.82, 2.24) is 14.6 Å². The second-order valence-electron chi connectivity index (χ2n) is 5.42. The van der Waals surface area contributed by atoms with Gasteiger partial charge in [-0.1, -0.05) is 23.7 Å². The van der Waals surface area contributed by atoms with Crippen molar-refractivity contribution in [3.05, 3.63) is 88.0 Å². The van der Waals surface area contributed by atoms with E-state index in [9.17, 15) is 0 Å². The van der Waals surface area contributed by atoms with E-state index in [2.05, 4.69) is 20.1 Å². The van der Waals surface area contributed by atoms with Gasteiger partial charge in [-0.15, -0.1) is 11.3 Å². The number of nitrogens with zero attached hydrogens (tertiary/aromatic N) is 4. The van der Waals surface area contributed by atoms with Crippen LogP contribution in [0.5, 0.6) is 0 Å². The van der Waals surface area contributed by atoms with Crippen molar-refractivity contribution in [2.24, 2.45) is 10.1 Å². The van der Waals surface area contributed by atoms with Crippen molar-refractivity contribution in [3.8, 4) is 11.3 Å². The molecule has 0 spiro atoms. The molecule has 3 heterocycles.